The summed E-state index contributed by atoms with van der Waals surface area (Å²) in [5, 5.41) is 17.4. The molecule has 6 heteroatoms. The summed E-state index contributed by atoms with van der Waals surface area (Å²) in [7, 11) is -1.79. The van der Waals surface area contributed by atoms with Crippen LogP contribution in [0.3, 0.4) is 0 Å². The molecule has 0 fully saturated rings. The van der Waals surface area contributed by atoms with Crippen LogP contribution in [-0.4, -0.2) is 26.9 Å². The van der Waals surface area contributed by atoms with Gasteiger partial charge in [-0.2, -0.15) is 0 Å². The van der Waals surface area contributed by atoms with E-state index in [1.807, 2.05) is 42.7 Å². The minimum atomic E-state index is -1.79. The number of hydrogen-bond donors (Lipinski definition) is 2. The second kappa shape index (κ2) is 5.36. The maximum Gasteiger partial charge on any atom is 0.707 e. The standard InChI is InChI=1S/C14H13BN2O3/c18-15(19)20-12-7-5-11(6-8-12)9-17-10-16-13-3-1-2-4-14(13)17/h1-8,10,18-19H,9H2. The second-order valence-corrected chi connectivity index (χ2v) is 4.45. The fourth-order valence-electron chi connectivity index (χ4n) is 2.13. The van der Waals surface area contributed by atoms with E-state index in [0.29, 0.717) is 12.3 Å². The van der Waals surface area contributed by atoms with Crippen molar-refractivity contribution in [3.8, 4) is 5.75 Å². The number of para-hydroxylation sites is 2. The van der Waals surface area contributed by atoms with Gasteiger partial charge >= 0.3 is 7.32 Å². The van der Waals surface area contributed by atoms with Crippen molar-refractivity contribution in [1.82, 2.24) is 9.55 Å². The van der Waals surface area contributed by atoms with Gasteiger partial charge in [-0.1, -0.05) is 24.3 Å². The summed E-state index contributed by atoms with van der Waals surface area (Å²) in [5.74, 6) is 0.416. The molecule has 0 aliphatic carbocycles. The number of benzene rings is 2. The predicted octanol–water partition coefficient (Wildman–Crippen LogP) is 1.43. The molecular formula is C14H13BN2O3. The molecule has 0 aliphatic rings. The van der Waals surface area contributed by atoms with Crippen molar-refractivity contribution < 1.29 is 14.7 Å². The van der Waals surface area contributed by atoms with Crippen molar-refractivity contribution in [3.63, 3.8) is 0 Å². The summed E-state index contributed by atoms with van der Waals surface area (Å²) < 4.78 is 6.83. The van der Waals surface area contributed by atoms with E-state index in [0.717, 1.165) is 16.6 Å². The zero-order chi connectivity index (χ0) is 13.9. The van der Waals surface area contributed by atoms with Gasteiger partial charge in [-0.05, 0) is 29.8 Å². The van der Waals surface area contributed by atoms with E-state index in [-0.39, 0.29) is 0 Å². The average molecular weight is 268 g/mol. The molecule has 1 aromatic heterocycles. The SMILES string of the molecule is OB(O)Oc1ccc(Cn2cnc3ccccc32)cc1. The Morgan fingerprint density at radius 3 is 2.55 bits per heavy atom. The molecule has 0 amide bonds. The largest absolute Gasteiger partial charge is 0.707 e. The number of hydrogen-bond acceptors (Lipinski definition) is 4. The fraction of sp³-hybridized carbons (Fsp3) is 0.0714. The number of fused-ring (bicyclic) bond motifs is 1. The lowest BCUT2D eigenvalue weighted by atomic mass is 10.2. The first kappa shape index (κ1) is 12.7. The van der Waals surface area contributed by atoms with Crippen LogP contribution in [0.25, 0.3) is 11.0 Å². The summed E-state index contributed by atoms with van der Waals surface area (Å²) in [6, 6.07) is 15.1. The maximum atomic E-state index is 8.72. The Kier molecular flexibility index (Phi) is 3.41. The summed E-state index contributed by atoms with van der Waals surface area (Å²) >= 11 is 0. The van der Waals surface area contributed by atoms with E-state index >= 15 is 0 Å². The lowest BCUT2D eigenvalue weighted by Gasteiger charge is -2.07. The van der Waals surface area contributed by atoms with Crippen LogP contribution in [0.2, 0.25) is 0 Å². The van der Waals surface area contributed by atoms with Crippen LogP contribution >= 0.6 is 0 Å². The highest BCUT2D eigenvalue weighted by atomic mass is 16.6. The molecular weight excluding hydrogens is 255 g/mol. The van der Waals surface area contributed by atoms with Gasteiger partial charge in [-0.3, -0.25) is 0 Å². The molecule has 0 radical (unpaired) electrons. The maximum absolute atomic E-state index is 8.72. The highest BCUT2D eigenvalue weighted by Crippen LogP contribution is 2.16. The lowest BCUT2D eigenvalue weighted by Crippen LogP contribution is -2.20. The molecule has 3 rings (SSSR count). The predicted molar refractivity (Wildman–Crippen MR) is 76.1 cm³/mol. The third kappa shape index (κ3) is 2.66. The van der Waals surface area contributed by atoms with Crippen LogP contribution in [0.5, 0.6) is 5.75 Å². The van der Waals surface area contributed by atoms with Crippen molar-refractivity contribution in [3.05, 3.63) is 60.4 Å². The second-order valence-electron chi connectivity index (χ2n) is 4.45. The highest BCUT2D eigenvalue weighted by Gasteiger charge is 2.10. The first-order valence-corrected chi connectivity index (χ1v) is 6.24. The normalized spacial score (nSPS) is 10.7. The van der Waals surface area contributed by atoms with Gasteiger partial charge in [0.15, 0.2) is 0 Å². The van der Waals surface area contributed by atoms with Gasteiger partial charge < -0.3 is 19.3 Å². The number of aromatic nitrogens is 2. The molecule has 100 valence electrons. The van der Waals surface area contributed by atoms with Gasteiger partial charge in [0, 0.05) is 6.54 Å². The molecule has 1 heterocycles. The lowest BCUT2D eigenvalue weighted by molar-refractivity contribution is 0.288. The third-order valence-electron chi connectivity index (χ3n) is 3.05. The monoisotopic (exact) mass is 268 g/mol. The minimum Gasteiger partial charge on any atom is -0.512 e. The molecule has 5 nitrogen and oxygen atoms in total. The van der Waals surface area contributed by atoms with Gasteiger partial charge in [0.1, 0.15) is 5.75 Å². The first-order valence-electron chi connectivity index (χ1n) is 6.24. The van der Waals surface area contributed by atoms with E-state index in [9.17, 15) is 0 Å². The van der Waals surface area contributed by atoms with Crippen molar-refractivity contribution in [2.45, 2.75) is 6.54 Å². The van der Waals surface area contributed by atoms with Gasteiger partial charge in [-0.15, -0.1) is 0 Å². The van der Waals surface area contributed by atoms with E-state index in [2.05, 4.69) is 9.55 Å². The van der Waals surface area contributed by atoms with E-state index < -0.39 is 7.32 Å². The summed E-state index contributed by atoms with van der Waals surface area (Å²) in [4.78, 5) is 4.34. The topological polar surface area (TPSA) is 67.5 Å². The molecule has 0 spiro atoms. The van der Waals surface area contributed by atoms with Gasteiger partial charge in [-0.25, -0.2) is 4.98 Å². The zero-order valence-electron chi connectivity index (χ0n) is 10.7. The van der Waals surface area contributed by atoms with Crippen LogP contribution in [0.4, 0.5) is 0 Å². The molecule has 3 aromatic rings. The van der Waals surface area contributed by atoms with Crippen molar-refractivity contribution in [1.29, 1.82) is 0 Å². The number of imidazole rings is 1. The fourth-order valence-corrected chi connectivity index (χ4v) is 2.13. The van der Waals surface area contributed by atoms with E-state index in [1.165, 1.54) is 0 Å². The van der Waals surface area contributed by atoms with Crippen molar-refractivity contribution >= 4 is 18.4 Å². The quantitative estimate of drug-likeness (QED) is 0.702. The minimum absolute atomic E-state index is 0.416. The molecule has 0 atom stereocenters. The summed E-state index contributed by atoms with van der Waals surface area (Å²) in [6.07, 6.45) is 1.81. The Morgan fingerprint density at radius 1 is 1.05 bits per heavy atom. The summed E-state index contributed by atoms with van der Waals surface area (Å²) in [5.41, 5.74) is 3.13. The van der Waals surface area contributed by atoms with Gasteiger partial charge in [0.25, 0.3) is 0 Å². The Balaban J connectivity index is 1.80. The Hall–Kier alpha value is -2.31. The molecule has 2 aromatic carbocycles. The van der Waals surface area contributed by atoms with E-state index in [4.69, 9.17) is 14.7 Å². The van der Waals surface area contributed by atoms with Crippen LogP contribution in [0.15, 0.2) is 54.9 Å². The molecule has 0 saturated carbocycles. The van der Waals surface area contributed by atoms with Crippen LogP contribution < -0.4 is 4.65 Å². The molecule has 20 heavy (non-hydrogen) atoms. The zero-order valence-corrected chi connectivity index (χ0v) is 10.7. The number of rotatable bonds is 4. The third-order valence-corrected chi connectivity index (χ3v) is 3.05. The molecule has 0 unspecified atom stereocenters. The molecule has 0 bridgehead atoms. The van der Waals surface area contributed by atoms with Crippen LogP contribution in [0, 0.1) is 0 Å². The summed E-state index contributed by atoms with van der Waals surface area (Å²) in [6.45, 7) is 0.697. The van der Waals surface area contributed by atoms with Gasteiger partial charge in [0.05, 0.1) is 17.4 Å². The highest BCUT2D eigenvalue weighted by molar-refractivity contribution is 6.33. The Labute approximate surface area is 116 Å². The first-order chi connectivity index (χ1) is 9.72. The van der Waals surface area contributed by atoms with Gasteiger partial charge in [0.2, 0.25) is 0 Å². The molecule has 0 aliphatic heterocycles. The van der Waals surface area contributed by atoms with Crippen LogP contribution in [-0.2, 0) is 6.54 Å². The van der Waals surface area contributed by atoms with Crippen LogP contribution in [0.1, 0.15) is 5.56 Å². The smallest absolute Gasteiger partial charge is 0.512 e. The Bertz CT molecular complexity index is 710. The Morgan fingerprint density at radius 2 is 1.80 bits per heavy atom. The average Bonchev–Trinajstić information content (AvgIpc) is 2.84. The number of nitrogens with zero attached hydrogens (tertiary/aromatic N) is 2. The van der Waals surface area contributed by atoms with E-state index in [1.54, 1.807) is 12.1 Å². The molecule has 2 N–H and O–H groups in total. The molecule has 0 saturated heterocycles. The van der Waals surface area contributed by atoms with Crippen molar-refractivity contribution in [2.24, 2.45) is 0 Å². The van der Waals surface area contributed by atoms with Crippen molar-refractivity contribution in [2.75, 3.05) is 0 Å².